The van der Waals surface area contributed by atoms with E-state index in [0.717, 1.165) is 46.9 Å². The molecule has 3 rings (SSSR count). The third-order valence-electron chi connectivity index (χ3n) is 4.60. The predicted octanol–water partition coefficient (Wildman–Crippen LogP) is 5.59. The Kier molecular flexibility index (Phi) is 6.58. The van der Waals surface area contributed by atoms with Crippen molar-refractivity contribution in [3.05, 3.63) is 65.0 Å². The average molecular weight is 414 g/mol. The Labute approximate surface area is 163 Å². The Morgan fingerprint density at radius 1 is 1.15 bits per heavy atom. The van der Waals surface area contributed by atoms with Crippen LogP contribution in [0.4, 0.5) is 0 Å². The maximum atomic E-state index is 5.93. The fraction of sp³-hybridized carbons (Fsp3) is 0.333. The molecule has 136 valence electrons. The summed E-state index contributed by atoms with van der Waals surface area (Å²) in [6, 6.07) is 14.6. The van der Waals surface area contributed by atoms with Crippen molar-refractivity contribution in [1.82, 2.24) is 15.0 Å². The van der Waals surface area contributed by atoms with E-state index in [1.54, 1.807) is 6.33 Å². The van der Waals surface area contributed by atoms with E-state index in [1.807, 2.05) is 36.5 Å². The SMILES string of the molecule is CCC(CCCN(C)Oc1ccc2cncnc2c1)c1ccc(Br)cc1. The molecule has 0 amide bonds. The van der Waals surface area contributed by atoms with Gasteiger partial charge in [-0.25, -0.2) is 9.97 Å². The molecule has 0 saturated carbocycles. The third-order valence-corrected chi connectivity index (χ3v) is 5.13. The summed E-state index contributed by atoms with van der Waals surface area (Å²) in [5.41, 5.74) is 2.31. The van der Waals surface area contributed by atoms with E-state index < -0.39 is 0 Å². The molecule has 0 aliphatic rings. The molecular weight excluding hydrogens is 390 g/mol. The highest BCUT2D eigenvalue weighted by Gasteiger charge is 2.10. The fourth-order valence-electron chi connectivity index (χ4n) is 3.14. The molecule has 3 aromatic rings. The van der Waals surface area contributed by atoms with Gasteiger partial charge in [0.2, 0.25) is 0 Å². The monoisotopic (exact) mass is 413 g/mol. The Morgan fingerprint density at radius 2 is 1.96 bits per heavy atom. The second kappa shape index (κ2) is 9.10. The van der Waals surface area contributed by atoms with Crippen LogP contribution in [0.1, 0.15) is 37.7 Å². The van der Waals surface area contributed by atoms with Gasteiger partial charge in [0, 0.05) is 35.7 Å². The van der Waals surface area contributed by atoms with Gasteiger partial charge in [-0.3, -0.25) is 0 Å². The van der Waals surface area contributed by atoms with Crippen molar-refractivity contribution in [3.63, 3.8) is 0 Å². The van der Waals surface area contributed by atoms with Crippen molar-refractivity contribution in [2.24, 2.45) is 0 Å². The Hall–Kier alpha value is -1.98. The zero-order valence-electron chi connectivity index (χ0n) is 15.2. The molecule has 0 bridgehead atoms. The van der Waals surface area contributed by atoms with Gasteiger partial charge in [0.15, 0.2) is 0 Å². The number of hydrogen-bond donors (Lipinski definition) is 0. The number of fused-ring (bicyclic) bond motifs is 1. The zero-order chi connectivity index (χ0) is 18.4. The lowest BCUT2D eigenvalue weighted by atomic mass is 9.92. The van der Waals surface area contributed by atoms with Gasteiger partial charge in [-0.1, -0.05) is 35.0 Å². The maximum Gasteiger partial charge on any atom is 0.149 e. The highest BCUT2D eigenvalue weighted by molar-refractivity contribution is 9.10. The van der Waals surface area contributed by atoms with Gasteiger partial charge in [0.1, 0.15) is 12.1 Å². The maximum absolute atomic E-state index is 5.93. The topological polar surface area (TPSA) is 38.2 Å². The van der Waals surface area contributed by atoms with Crippen LogP contribution in [0.5, 0.6) is 5.75 Å². The van der Waals surface area contributed by atoms with Crippen molar-refractivity contribution < 1.29 is 4.84 Å². The van der Waals surface area contributed by atoms with Crippen LogP contribution in [0.15, 0.2) is 59.5 Å². The first kappa shape index (κ1) is 18.8. The molecule has 1 unspecified atom stereocenters. The van der Waals surface area contributed by atoms with Crippen LogP contribution >= 0.6 is 15.9 Å². The van der Waals surface area contributed by atoms with Gasteiger partial charge < -0.3 is 4.84 Å². The number of rotatable bonds is 8. The van der Waals surface area contributed by atoms with Gasteiger partial charge in [-0.05, 0) is 55.0 Å². The minimum atomic E-state index is 0.592. The Morgan fingerprint density at radius 3 is 2.73 bits per heavy atom. The molecule has 0 aliphatic carbocycles. The molecule has 0 saturated heterocycles. The first-order valence-corrected chi connectivity index (χ1v) is 9.79. The molecule has 1 atom stereocenters. The van der Waals surface area contributed by atoms with Crippen molar-refractivity contribution in [3.8, 4) is 5.75 Å². The highest BCUT2D eigenvalue weighted by atomic mass is 79.9. The second-order valence-corrected chi connectivity index (χ2v) is 7.40. The smallest absolute Gasteiger partial charge is 0.149 e. The van der Waals surface area contributed by atoms with Gasteiger partial charge in [-0.2, -0.15) is 0 Å². The summed E-state index contributed by atoms with van der Waals surface area (Å²) < 4.78 is 1.13. The molecule has 0 N–H and O–H groups in total. The van der Waals surface area contributed by atoms with E-state index in [4.69, 9.17) is 4.84 Å². The molecule has 5 heteroatoms. The quantitative estimate of drug-likeness (QED) is 0.451. The minimum absolute atomic E-state index is 0.592. The molecular formula is C21H24BrN3O. The molecule has 0 spiro atoms. The third kappa shape index (κ3) is 5.02. The number of aromatic nitrogens is 2. The lowest BCUT2D eigenvalue weighted by Crippen LogP contribution is -2.24. The highest BCUT2D eigenvalue weighted by Crippen LogP contribution is 2.26. The molecule has 0 radical (unpaired) electrons. The van der Waals surface area contributed by atoms with Crippen molar-refractivity contribution >= 4 is 26.8 Å². The normalized spacial score (nSPS) is 12.5. The van der Waals surface area contributed by atoms with E-state index in [0.29, 0.717) is 5.92 Å². The van der Waals surface area contributed by atoms with Crippen LogP contribution in [0.25, 0.3) is 10.9 Å². The van der Waals surface area contributed by atoms with Crippen LogP contribution in [0.3, 0.4) is 0 Å². The van der Waals surface area contributed by atoms with Crippen molar-refractivity contribution in [1.29, 1.82) is 0 Å². The predicted molar refractivity (Wildman–Crippen MR) is 109 cm³/mol. The van der Waals surface area contributed by atoms with Crippen molar-refractivity contribution in [2.45, 2.75) is 32.1 Å². The van der Waals surface area contributed by atoms with Gasteiger partial charge in [0.05, 0.1) is 5.52 Å². The lowest BCUT2D eigenvalue weighted by molar-refractivity contribution is -0.0329. The van der Waals surface area contributed by atoms with E-state index in [2.05, 4.69) is 57.1 Å². The standard InChI is InChI=1S/C21H24BrN3O/c1-3-16(17-6-9-19(22)10-7-17)5-4-12-25(2)26-20-11-8-18-14-23-15-24-21(18)13-20/h6-11,13-16H,3-5,12H2,1-2H3. The summed E-state index contributed by atoms with van der Waals surface area (Å²) in [7, 11) is 1.98. The van der Waals surface area contributed by atoms with E-state index in [-0.39, 0.29) is 0 Å². The largest absolute Gasteiger partial charge is 0.406 e. The van der Waals surface area contributed by atoms with Crippen LogP contribution in [-0.4, -0.2) is 28.6 Å². The fourth-order valence-corrected chi connectivity index (χ4v) is 3.40. The number of halogens is 1. The number of benzene rings is 2. The van der Waals surface area contributed by atoms with Crippen LogP contribution in [0.2, 0.25) is 0 Å². The lowest BCUT2D eigenvalue weighted by Gasteiger charge is -2.20. The Balaban J connectivity index is 1.51. The summed E-state index contributed by atoms with van der Waals surface area (Å²) in [5.74, 6) is 1.40. The van der Waals surface area contributed by atoms with E-state index in [1.165, 1.54) is 5.56 Å². The number of hydroxylamine groups is 2. The van der Waals surface area contributed by atoms with Gasteiger partial charge in [-0.15, -0.1) is 5.06 Å². The summed E-state index contributed by atoms with van der Waals surface area (Å²) in [4.78, 5) is 14.2. The summed E-state index contributed by atoms with van der Waals surface area (Å²) in [5, 5.41) is 2.92. The minimum Gasteiger partial charge on any atom is -0.406 e. The average Bonchev–Trinajstić information content (AvgIpc) is 2.66. The molecule has 1 aromatic heterocycles. The molecule has 2 aromatic carbocycles. The molecule has 1 heterocycles. The second-order valence-electron chi connectivity index (χ2n) is 6.49. The van der Waals surface area contributed by atoms with Crippen LogP contribution in [-0.2, 0) is 0 Å². The summed E-state index contributed by atoms with van der Waals surface area (Å²) >= 11 is 3.50. The Bertz CT molecular complexity index is 838. The summed E-state index contributed by atoms with van der Waals surface area (Å²) in [6.45, 7) is 3.14. The molecule has 0 fully saturated rings. The first-order valence-electron chi connectivity index (χ1n) is 9.00. The summed E-state index contributed by atoms with van der Waals surface area (Å²) in [6.07, 6.45) is 6.75. The van der Waals surface area contributed by atoms with Crippen LogP contribution in [0, 0.1) is 0 Å². The van der Waals surface area contributed by atoms with Gasteiger partial charge >= 0.3 is 0 Å². The van der Waals surface area contributed by atoms with Crippen LogP contribution < -0.4 is 4.84 Å². The van der Waals surface area contributed by atoms with E-state index >= 15 is 0 Å². The molecule has 0 aliphatic heterocycles. The first-order chi connectivity index (χ1) is 12.7. The van der Waals surface area contributed by atoms with Gasteiger partial charge in [0.25, 0.3) is 0 Å². The molecule has 26 heavy (non-hydrogen) atoms. The van der Waals surface area contributed by atoms with E-state index in [9.17, 15) is 0 Å². The zero-order valence-corrected chi connectivity index (χ0v) is 16.8. The molecule has 4 nitrogen and oxygen atoms in total. The van der Waals surface area contributed by atoms with Crippen molar-refractivity contribution in [2.75, 3.05) is 13.6 Å². The number of hydrogen-bond acceptors (Lipinski definition) is 4. The number of nitrogens with zero attached hydrogens (tertiary/aromatic N) is 3.